The van der Waals surface area contributed by atoms with Gasteiger partial charge in [0.1, 0.15) is 0 Å². The molecule has 1 amide bonds. The fraction of sp³-hybridized carbons (Fsp3) is 0.381. The minimum atomic E-state index is -3.55. The Hall–Kier alpha value is -2.18. The molecule has 0 aromatic heterocycles. The third kappa shape index (κ3) is 4.22. The lowest BCUT2D eigenvalue weighted by Gasteiger charge is -2.30. The average Bonchev–Trinajstić information content (AvgIpc) is 2.66. The van der Waals surface area contributed by atoms with E-state index in [1.165, 1.54) is 0 Å². The Morgan fingerprint density at radius 3 is 2.56 bits per heavy atom. The van der Waals surface area contributed by atoms with Crippen LogP contribution >= 0.6 is 0 Å². The molecule has 27 heavy (non-hydrogen) atoms. The minimum absolute atomic E-state index is 0.0516. The molecule has 1 N–H and O–H groups in total. The van der Waals surface area contributed by atoms with Gasteiger partial charge in [0.05, 0.1) is 4.90 Å². The van der Waals surface area contributed by atoms with E-state index in [0.717, 1.165) is 36.1 Å². The number of fused-ring (bicyclic) bond motifs is 1. The number of sulfonamides is 1. The maximum atomic E-state index is 12.9. The van der Waals surface area contributed by atoms with Gasteiger partial charge in [-0.2, -0.15) is 0 Å². The molecule has 2 aromatic rings. The van der Waals surface area contributed by atoms with Crippen molar-refractivity contribution in [1.29, 1.82) is 0 Å². The summed E-state index contributed by atoms with van der Waals surface area (Å²) in [4.78, 5) is 14.9. The molecule has 3 rings (SSSR count). The number of hydrogen-bond donors (Lipinski definition) is 1. The zero-order valence-electron chi connectivity index (χ0n) is 16.0. The predicted molar refractivity (Wildman–Crippen MR) is 108 cm³/mol. The van der Waals surface area contributed by atoms with Crippen molar-refractivity contribution < 1.29 is 13.2 Å². The second-order valence-electron chi connectivity index (χ2n) is 7.15. The lowest BCUT2D eigenvalue weighted by molar-refractivity contribution is 0.0985. The van der Waals surface area contributed by atoms with Crippen LogP contribution in [0.15, 0.2) is 47.4 Å². The van der Waals surface area contributed by atoms with E-state index < -0.39 is 10.0 Å². The maximum absolute atomic E-state index is 12.9. The van der Waals surface area contributed by atoms with Crippen molar-refractivity contribution in [2.75, 3.05) is 11.4 Å². The summed E-state index contributed by atoms with van der Waals surface area (Å²) in [5.41, 5.74) is 3.45. The van der Waals surface area contributed by atoms with Crippen LogP contribution in [-0.4, -0.2) is 26.9 Å². The molecule has 1 aliphatic heterocycles. The van der Waals surface area contributed by atoms with E-state index in [1.54, 1.807) is 23.1 Å². The highest BCUT2D eigenvalue weighted by Gasteiger charge is 2.26. The molecule has 0 fully saturated rings. The summed E-state index contributed by atoms with van der Waals surface area (Å²) in [5.74, 6) is -0.0516. The molecular formula is C21H26N2O3S. The van der Waals surface area contributed by atoms with E-state index in [0.29, 0.717) is 12.1 Å². The molecule has 6 heteroatoms. The molecule has 0 aliphatic carbocycles. The highest BCUT2D eigenvalue weighted by Crippen LogP contribution is 2.30. The van der Waals surface area contributed by atoms with Crippen LogP contribution in [0.1, 0.15) is 48.2 Å². The molecule has 1 atom stereocenters. The first-order valence-electron chi connectivity index (χ1n) is 9.35. The zero-order valence-corrected chi connectivity index (χ0v) is 16.8. The van der Waals surface area contributed by atoms with E-state index in [2.05, 4.69) is 4.72 Å². The number of carbonyl (C=O) groups excluding carboxylic acids is 1. The molecule has 1 aliphatic rings. The van der Waals surface area contributed by atoms with Gasteiger partial charge in [-0.15, -0.1) is 0 Å². The maximum Gasteiger partial charge on any atom is 0.258 e. The smallest absolute Gasteiger partial charge is 0.258 e. The standard InChI is InChI=1S/C21H26N2O3S/c1-4-16(3)22-27(25,26)19-11-12-20-18(14-19)6-5-13-23(20)21(24)17-9-7-15(2)8-10-17/h7-12,14,16,22H,4-6,13H2,1-3H3/t16-/m1/s1. The second kappa shape index (κ2) is 7.82. The molecule has 0 saturated heterocycles. The minimum Gasteiger partial charge on any atom is -0.308 e. The van der Waals surface area contributed by atoms with Crippen molar-refractivity contribution in [2.24, 2.45) is 0 Å². The predicted octanol–water partition coefficient (Wildman–Crippen LogP) is 3.66. The summed E-state index contributed by atoms with van der Waals surface area (Å²) < 4.78 is 27.8. The van der Waals surface area contributed by atoms with E-state index in [-0.39, 0.29) is 16.8 Å². The van der Waals surface area contributed by atoms with Crippen molar-refractivity contribution >= 4 is 21.6 Å². The number of nitrogens with zero attached hydrogens (tertiary/aromatic N) is 1. The van der Waals surface area contributed by atoms with Gasteiger partial charge in [-0.1, -0.05) is 24.6 Å². The van der Waals surface area contributed by atoms with Crippen LogP contribution in [0.4, 0.5) is 5.69 Å². The molecule has 5 nitrogen and oxygen atoms in total. The Morgan fingerprint density at radius 2 is 1.89 bits per heavy atom. The number of benzene rings is 2. The number of anilines is 1. The number of aryl methyl sites for hydroxylation is 2. The Kier molecular flexibility index (Phi) is 5.67. The van der Waals surface area contributed by atoms with E-state index >= 15 is 0 Å². The van der Waals surface area contributed by atoms with Gasteiger partial charge in [0.15, 0.2) is 0 Å². The molecule has 1 heterocycles. The zero-order chi connectivity index (χ0) is 19.6. The summed E-state index contributed by atoms with van der Waals surface area (Å²) in [6.45, 7) is 6.41. The number of carbonyl (C=O) groups is 1. The normalized spacial score (nSPS) is 15.3. The number of rotatable bonds is 5. The van der Waals surface area contributed by atoms with Gasteiger partial charge in [-0.05, 0) is 69.0 Å². The van der Waals surface area contributed by atoms with Gasteiger partial charge in [0.25, 0.3) is 5.91 Å². The summed E-state index contributed by atoms with van der Waals surface area (Å²) in [7, 11) is -3.55. The highest BCUT2D eigenvalue weighted by atomic mass is 32.2. The van der Waals surface area contributed by atoms with Gasteiger partial charge in [0.2, 0.25) is 10.0 Å². The summed E-state index contributed by atoms with van der Waals surface area (Å²) in [6.07, 6.45) is 2.30. The largest absolute Gasteiger partial charge is 0.308 e. The van der Waals surface area contributed by atoms with Crippen LogP contribution in [0.3, 0.4) is 0 Å². The lowest BCUT2D eigenvalue weighted by Crippen LogP contribution is -2.36. The number of amides is 1. The third-order valence-corrected chi connectivity index (χ3v) is 6.58. The first-order chi connectivity index (χ1) is 12.8. The van der Waals surface area contributed by atoms with E-state index in [1.807, 2.05) is 45.0 Å². The third-order valence-electron chi connectivity index (χ3n) is 4.99. The monoisotopic (exact) mass is 386 g/mol. The van der Waals surface area contributed by atoms with Gasteiger partial charge < -0.3 is 4.90 Å². The Balaban J connectivity index is 1.91. The van der Waals surface area contributed by atoms with Crippen LogP contribution < -0.4 is 9.62 Å². The molecule has 0 radical (unpaired) electrons. The topological polar surface area (TPSA) is 66.5 Å². The van der Waals surface area contributed by atoms with Crippen LogP contribution in [-0.2, 0) is 16.4 Å². The Bertz CT molecular complexity index is 936. The SMILES string of the molecule is CC[C@@H](C)NS(=O)(=O)c1ccc2c(c1)CCCN2C(=O)c1ccc(C)cc1. The molecule has 0 unspecified atom stereocenters. The van der Waals surface area contributed by atoms with Crippen LogP contribution in [0.2, 0.25) is 0 Å². The second-order valence-corrected chi connectivity index (χ2v) is 8.86. The van der Waals surface area contributed by atoms with Gasteiger partial charge in [-0.25, -0.2) is 13.1 Å². The summed E-state index contributed by atoms with van der Waals surface area (Å²) >= 11 is 0. The summed E-state index contributed by atoms with van der Waals surface area (Å²) in [6, 6.07) is 12.4. The van der Waals surface area contributed by atoms with E-state index in [4.69, 9.17) is 0 Å². The molecule has 0 saturated carbocycles. The number of hydrogen-bond acceptors (Lipinski definition) is 3. The average molecular weight is 387 g/mol. The highest BCUT2D eigenvalue weighted by molar-refractivity contribution is 7.89. The van der Waals surface area contributed by atoms with Crippen molar-refractivity contribution in [1.82, 2.24) is 4.72 Å². The summed E-state index contributed by atoms with van der Waals surface area (Å²) in [5, 5.41) is 0. The van der Waals surface area contributed by atoms with Crippen molar-refractivity contribution in [3.63, 3.8) is 0 Å². The fourth-order valence-corrected chi connectivity index (χ4v) is 4.60. The Labute approximate surface area is 161 Å². The molecular weight excluding hydrogens is 360 g/mol. The van der Waals surface area contributed by atoms with E-state index in [9.17, 15) is 13.2 Å². The number of nitrogens with one attached hydrogen (secondary N) is 1. The first kappa shape index (κ1) is 19.6. The Morgan fingerprint density at radius 1 is 1.19 bits per heavy atom. The van der Waals surface area contributed by atoms with Crippen LogP contribution in [0.25, 0.3) is 0 Å². The fourth-order valence-electron chi connectivity index (χ4n) is 3.22. The van der Waals surface area contributed by atoms with Gasteiger partial charge in [-0.3, -0.25) is 4.79 Å². The van der Waals surface area contributed by atoms with Gasteiger partial charge in [0, 0.05) is 23.8 Å². The molecule has 0 bridgehead atoms. The van der Waals surface area contributed by atoms with Gasteiger partial charge >= 0.3 is 0 Å². The molecule has 2 aromatic carbocycles. The molecule has 144 valence electrons. The van der Waals surface area contributed by atoms with Crippen LogP contribution in [0.5, 0.6) is 0 Å². The lowest BCUT2D eigenvalue weighted by atomic mass is 10.0. The quantitative estimate of drug-likeness (QED) is 0.853. The van der Waals surface area contributed by atoms with Crippen molar-refractivity contribution in [3.05, 3.63) is 59.2 Å². The van der Waals surface area contributed by atoms with Crippen molar-refractivity contribution in [2.45, 2.75) is 51.0 Å². The van der Waals surface area contributed by atoms with Crippen molar-refractivity contribution in [3.8, 4) is 0 Å². The first-order valence-corrected chi connectivity index (χ1v) is 10.8. The molecule has 0 spiro atoms. The van der Waals surface area contributed by atoms with Crippen LogP contribution in [0, 0.1) is 6.92 Å².